The van der Waals surface area contributed by atoms with E-state index >= 15 is 0 Å². The molecule has 0 saturated carbocycles. The number of carbonyl (C=O) groups is 2. The first-order valence-corrected chi connectivity index (χ1v) is 14.4. The van der Waals surface area contributed by atoms with Crippen LogP contribution in [-0.2, 0) is 11.2 Å². The third-order valence-corrected chi connectivity index (χ3v) is 5.45. The first-order chi connectivity index (χ1) is 17.3. The Morgan fingerprint density at radius 2 is 1.00 bits per heavy atom. The zero-order chi connectivity index (χ0) is 27.9. The van der Waals surface area contributed by atoms with Gasteiger partial charge in [0.25, 0.3) is 0 Å². The van der Waals surface area contributed by atoms with E-state index < -0.39 is 11.9 Å². The second-order valence-electron chi connectivity index (χ2n) is 9.10. The van der Waals surface area contributed by atoms with Crippen molar-refractivity contribution in [2.75, 3.05) is 0 Å². The third-order valence-electron chi connectivity index (χ3n) is 5.45. The maximum atomic E-state index is 10.4. The number of aryl methyl sites for hydroxylation is 1. The number of carboxylic acids is 2. The second kappa shape index (κ2) is 37.1. The number of carboxylic acid groups (broad SMARTS) is 2. The molecule has 0 unspecified atom stereocenters. The van der Waals surface area contributed by atoms with Crippen molar-refractivity contribution < 1.29 is 19.8 Å². The van der Waals surface area contributed by atoms with E-state index in [-0.39, 0.29) is 35.9 Å². The SMILES string of the molecule is CCCCCCCCCCCCC(=O)[O-].CCCCc1ccc(C(=O)[O-])cc1.[CH2]CCC.[CH2]CCC.[Sn+2]. The van der Waals surface area contributed by atoms with Gasteiger partial charge < -0.3 is 19.8 Å². The van der Waals surface area contributed by atoms with E-state index in [9.17, 15) is 19.8 Å². The fourth-order valence-corrected chi connectivity index (χ4v) is 2.95. The summed E-state index contributed by atoms with van der Waals surface area (Å²) in [5.41, 5.74) is 1.44. The summed E-state index contributed by atoms with van der Waals surface area (Å²) in [5, 5.41) is 20.5. The van der Waals surface area contributed by atoms with Crippen LogP contribution < -0.4 is 10.2 Å². The summed E-state index contributed by atoms with van der Waals surface area (Å²) in [6.07, 6.45) is 20.5. The Kier molecular flexibility index (Phi) is 43.2. The van der Waals surface area contributed by atoms with Crippen LogP contribution in [0.5, 0.6) is 0 Å². The fourth-order valence-electron chi connectivity index (χ4n) is 2.95. The van der Waals surface area contributed by atoms with Crippen molar-refractivity contribution in [3.63, 3.8) is 0 Å². The number of aromatic carboxylic acids is 1. The Balaban J connectivity index is -0.000000224. The van der Waals surface area contributed by atoms with E-state index in [1.54, 1.807) is 12.1 Å². The molecule has 1 aromatic rings. The van der Waals surface area contributed by atoms with Gasteiger partial charge in [0.05, 0.1) is 5.97 Å². The molecule has 37 heavy (non-hydrogen) atoms. The Bertz CT molecular complexity index is 565. The van der Waals surface area contributed by atoms with Gasteiger partial charge in [-0.2, -0.15) is 0 Å². The Morgan fingerprint density at radius 1 is 0.622 bits per heavy atom. The van der Waals surface area contributed by atoms with E-state index in [1.807, 2.05) is 12.1 Å². The van der Waals surface area contributed by atoms with Gasteiger partial charge in [-0.15, -0.1) is 0 Å². The number of benzene rings is 1. The quantitative estimate of drug-likeness (QED) is 0.135. The van der Waals surface area contributed by atoms with Gasteiger partial charge in [0.15, 0.2) is 0 Å². The number of carbonyl (C=O) groups excluding carboxylic acids is 2. The van der Waals surface area contributed by atoms with Crippen LogP contribution in [0.2, 0.25) is 0 Å². The molecular weight excluding hydrogens is 567 g/mol. The number of hydrogen-bond donors (Lipinski definition) is 0. The van der Waals surface area contributed by atoms with Gasteiger partial charge in [0.2, 0.25) is 0 Å². The average Bonchev–Trinajstić information content (AvgIpc) is 2.89. The van der Waals surface area contributed by atoms with Gasteiger partial charge in [-0.05, 0) is 36.8 Å². The predicted molar refractivity (Wildman–Crippen MR) is 157 cm³/mol. The molecule has 0 N–H and O–H groups in total. The normalized spacial score (nSPS) is 9.35. The molecule has 4 radical (unpaired) electrons. The van der Waals surface area contributed by atoms with E-state index in [0.717, 1.165) is 44.9 Å². The second-order valence-corrected chi connectivity index (χ2v) is 9.10. The summed E-state index contributed by atoms with van der Waals surface area (Å²) in [7, 11) is 0. The van der Waals surface area contributed by atoms with Gasteiger partial charge in [0, 0.05) is 5.97 Å². The summed E-state index contributed by atoms with van der Waals surface area (Å²) >= 11 is 0. The van der Waals surface area contributed by atoms with Gasteiger partial charge in [-0.1, -0.05) is 156 Å². The van der Waals surface area contributed by atoms with Crippen LogP contribution in [0.4, 0.5) is 0 Å². The first kappa shape index (κ1) is 43.0. The Labute approximate surface area is 247 Å². The number of unbranched alkanes of at least 4 members (excludes halogenated alkanes) is 12. The molecule has 0 aliphatic heterocycles. The van der Waals surface area contributed by atoms with Crippen molar-refractivity contribution in [1.29, 1.82) is 0 Å². The molecule has 1 rings (SSSR count). The van der Waals surface area contributed by atoms with Crippen molar-refractivity contribution in [2.24, 2.45) is 0 Å². The van der Waals surface area contributed by atoms with Gasteiger partial charge >= 0.3 is 23.9 Å². The molecule has 0 fully saturated rings. The molecule has 5 heteroatoms. The van der Waals surface area contributed by atoms with Crippen LogP contribution in [0.1, 0.15) is 153 Å². The van der Waals surface area contributed by atoms with Crippen molar-refractivity contribution in [3.8, 4) is 0 Å². The number of aliphatic carboxylic acids is 1. The van der Waals surface area contributed by atoms with Crippen molar-refractivity contribution in [1.82, 2.24) is 0 Å². The van der Waals surface area contributed by atoms with Crippen molar-refractivity contribution >= 4 is 35.8 Å². The summed E-state index contributed by atoms with van der Waals surface area (Å²) in [6, 6.07) is 6.89. The van der Waals surface area contributed by atoms with Gasteiger partial charge in [-0.3, -0.25) is 0 Å². The van der Waals surface area contributed by atoms with Crippen molar-refractivity contribution in [3.05, 3.63) is 49.2 Å². The van der Waals surface area contributed by atoms with Gasteiger partial charge in [0.1, 0.15) is 0 Å². The maximum absolute atomic E-state index is 10.4. The molecule has 0 atom stereocenters. The third kappa shape index (κ3) is 39.6. The standard InChI is InChI=1S/C13H26O2.C11H14O2.2C4H9.Sn/c1-2-3-4-5-6-7-8-9-10-11-12-13(14)15;1-2-3-4-9-5-7-10(8-6-9)11(12)13;2*1-3-4-2;/h2-12H2,1H3,(H,14,15);5-8H,2-4H2,1H3,(H,12,13);2*1,3-4H2,2H3;/q;;;;+2/p-2. The van der Waals surface area contributed by atoms with Crippen LogP contribution in [0.3, 0.4) is 0 Å². The van der Waals surface area contributed by atoms with E-state index in [4.69, 9.17) is 0 Å². The zero-order valence-corrected chi connectivity index (χ0v) is 27.4. The van der Waals surface area contributed by atoms with E-state index in [1.165, 1.54) is 69.8 Å². The zero-order valence-electron chi connectivity index (χ0n) is 24.6. The topological polar surface area (TPSA) is 80.3 Å². The minimum absolute atomic E-state index is 0. The number of rotatable bonds is 17. The molecule has 0 amide bonds. The number of hydrogen-bond acceptors (Lipinski definition) is 4. The minimum Gasteiger partial charge on any atom is -0.550 e. The van der Waals surface area contributed by atoms with E-state index in [0.29, 0.717) is 0 Å². The maximum Gasteiger partial charge on any atom is 2.00 e. The summed E-state index contributed by atoms with van der Waals surface area (Å²) < 4.78 is 0. The van der Waals surface area contributed by atoms with Crippen LogP contribution in [0.25, 0.3) is 0 Å². The van der Waals surface area contributed by atoms with E-state index in [2.05, 4.69) is 41.5 Å². The van der Waals surface area contributed by atoms with Crippen LogP contribution in [0, 0.1) is 13.8 Å². The molecule has 0 heterocycles. The summed E-state index contributed by atoms with van der Waals surface area (Å²) in [4.78, 5) is 20.5. The first-order valence-electron chi connectivity index (χ1n) is 14.4. The average molecular weight is 624 g/mol. The predicted octanol–water partition coefficient (Wildman–Crippen LogP) is 7.30. The smallest absolute Gasteiger partial charge is 0.550 e. The minimum atomic E-state index is -1.11. The molecule has 212 valence electrons. The van der Waals surface area contributed by atoms with Crippen LogP contribution >= 0.6 is 0 Å². The molecule has 4 nitrogen and oxygen atoms in total. The monoisotopic (exact) mass is 624 g/mol. The molecule has 1 aromatic carbocycles. The molecular formula is C32H56O4Sn. The van der Waals surface area contributed by atoms with Crippen molar-refractivity contribution in [2.45, 2.75) is 143 Å². The fraction of sp³-hybridized carbons (Fsp3) is 0.688. The molecule has 0 spiro atoms. The summed E-state index contributed by atoms with van der Waals surface area (Å²) in [6.45, 7) is 15.8. The molecule has 0 aromatic heterocycles. The van der Waals surface area contributed by atoms with Gasteiger partial charge in [-0.25, -0.2) is 0 Å². The van der Waals surface area contributed by atoms with Crippen LogP contribution in [0.15, 0.2) is 24.3 Å². The summed E-state index contributed by atoms with van der Waals surface area (Å²) in [5.74, 6) is -2.02. The molecule has 0 bridgehead atoms. The largest absolute Gasteiger partial charge is 2.00 e. The molecule has 0 saturated heterocycles. The van der Waals surface area contributed by atoms with Crippen LogP contribution in [-0.4, -0.2) is 35.8 Å². The molecule has 0 aliphatic carbocycles. The Morgan fingerprint density at radius 3 is 1.32 bits per heavy atom. The Hall–Kier alpha value is -1.04. The molecule has 0 aliphatic rings.